The van der Waals surface area contributed by atoms with E-state index in [1.165, 1.54) is 5.56 Å². The van der Waals surface area contributed by atoms with Gasteiger partial charge in [0.1, 0.15) is 5.52 Å². The zero-order valence-electron chi connectivity index (χ0n) is 12.0. The number of allylic oxidation sites excluding steroid dienone is 1. The van der Waals surface area contributed by atoms with Crippen molar-refractivity contribution in [2.45, 2.75) is 19.9 Å². The van der Waals surface area contributed by atoms with Gasteiger partial charge in [-0.2, -0.15) is 5.10 Å². The first-order valence-electron chi connectivity index (χ1n) is 7.02. The van der Waals surface area contributed by atoms with Gasteiger partial charge in [0, 0.05) is 24.5 Å². The normalized spacial score (nSPS) is 10.9. The molecule has 3 aromatic rings. The van der Waals surface area contributed by atoms with Crippen LogP contribution in [0.15, 0.2) is 60.2 Å². The van der Waals surface area contributed by atoms with Gasteiger partial charge in [-0.3, -0.25) is 4.79 Å². The Morgan fingerprint density at radius 2 is 2.00 bits per heavy atom. The Morgan fingerprint density at radius 3 is 2.67 bits per heavy atom. The standard InChI is InChI=1S/C17H17N3O/c1-3-9-19-10-11-20-16(17(19)21)12-15(18-20)14-7-5-13(4-2)6-8-14/h3,5-8,10-12H,1,4,9H2,2H3. The molecule has 0 aliphatic heterocycles. The average Bonchev–Trinajstić information content (AvgIpc) is 2.95. The molecule has 106 valence electrons. The molecule has 2 aromatic heterocycles. The SMILES string of the molecule is C=CCn1ccn2nc(-c3ccc(CC)cc3)cc2c1=O. The lowest BCUT2D eigenvalue weighted by Crippen LogP contribution is -2.20. The van der Waals surface area contributed by atoms with E-state index < -0.39 is 0 Å². The van der Waals surface area contributed by atoms with Crippen molar-refractivity contribution in [3.8, 4) is 11.3 Å². The summed E-state index contributed by atoms with van der Waals surface area (Å²) in [6, 6.07) is 10.1. The molecule has 21 heavy (non-hydrogen) atoms. The number of hydrogen-bond donors (Lipinski definition) is 0. The third kappa shape index (κ3) is 2.40. The van der Waals surface area contributed by atoms with Gasteiger partial charge in [0.2, 0.25) is 0 Å². The fraction of sp³-hybridized carbons (Fsp3) is 0.176. The van der Waals surface area contributed by atoms with Crippen molar-refractivity contribution >= 4 is 5.52 Å². The molecule has 0 unspecified atom stereocenters. The zero-order chi connectivity index (χ0) is 14.8. The smallest absolute Gasteiger partial charge is 0.276 e. The summed E-state index contributed by atoms with van der Waals surface area (Å²) < 4.78 is 3.25. The number of rotatable bonds is 4. The van der Waals surface area contributed by atoms with Gasteiger partial charge in [0.15, 0.2) is 0 Å². The molecule has 0 atom stereocenters. The van der Waals surface area contributed by atoms with Crippen LogP contribution in [0.4, 0.5) is 0 Å². The van der Waals surface area contributed by atoms with E-state index in [2.05, 4.69) is 30.7 Å². The highest BCUT2D eigenvalue weighted by atomic mass is 16.1. The van der Waals surface area contributed by atoms with Crippen LogP contribution < -0.4 is 5.56 Å². The third-order valence-corrected chi connectivity index (χ3v) is 3.59. The molecular weight excluding hydrogens is 262 g/mol. The predicted octanol–water partition coefficient (Wildman–Crippen LogP) is 2.91. The zero-order valence-corrected chi connectivity index (χ0v) is 12.0. The summed E-state index contributed by atoms with van der Waals surface area (Å²) in [6.45, 7) is 6.29. The average molecular weight is 279 g/mol. The topological polar surface area (TPSA) is 39.3 Å². The van der Waals surface area contributed by atoms with Crippen LogP contribution in [0.5, 0.6) is 0 Å². The lowest BCUT2D eigenvalue weighted by molar-refractivity contribution is 0.760. The van der Waals surface area contributed by atoms with E-state index in [0.29, 0.717) is 12.1 Å². The molecule has 0 saturated carbocycles. The minimum atomic E-state index is -0.0543. The van der Waals surface area contributed by atoms with Crippen LogP contribution in [-0.2, 0) is 13.0 Å². The Balaban J connectivity index is 2.09. The van der Waals surface area contributed by atoms with E-state index >= 15 is 0 Å². The molecule has 0 bridgehead atoms. The van der Waals surface area contributed by atoms with Crippen LogP contribution in [0, 0.1) is 0 Å². The van der Waals surface area contributed by atoms with Gasteiger partial charge < -0.3 is 4.57 Å². The van der Waals surface area contributed by atoms with Crippen LogP contribution in [0.25, 0.3) is 16.8 Å². The first-order chi connectivity index (χ1) is 10.2. The third-order valence-electron chi connectivity index (χ3n) is 3.59. The number of hydrogen-bond acceptors (Lipinski definition) is 2. The van der Waals surface area contributed by atoms with E-state index in [-0.39, 0.29) is 5.56 Å². The van der Waals surface area contributed by atoms with E-state index in [9.17, 15) is 4.79 Å². The Bertz CT molecular complexity index is 841. The van der Waals surface area contributed by atoms with Gasteiger partial charge in [-0.25, -0.2) is 4.52 Å². The van der Waals surface area contributed by atoms with Crippen molar-refractivity contribution in [1.82, 2.24) is 14.2 Å². The van der Waals surface area contributed by atoms with E-state index in [1.54, 1.807) is 27.6 Å². The minimum absolute atomic E-state index is 0.0543. The molecule has 0 fully saturated rings. The molecule has 1 aromatic carbocycles. The number of aromatic nitrogens is 3. The molecule has 0 saturated heterocycles. The molecule has 4 nitrogen and oxygen atoms in total. The van der Waals surface area contributed by atoms with Gasteiger partial charge >= 0.3 is 0 Å². The number of aryl methyl sites for hydroxylation is 1. The summed E-state index contributed by atoms with van der Waals surface area (Å²) in [5.41, 5.74) is 3.64. The summed E-state index contributed by atoms with van der Waals surface area (Å²) in [5.74, 6) is 0. The fourth-order valence-corrected chi connectivity index (χ4v) is 2.36. The molecule has 0 aliphatic carbocycles. The Kier molecular flexibility index (Phi) is 3.44. The minimum Gasteiger partial charge on any atom is -0.308 e. The summed E-state index contributed by atoms with van der Waals surface area (Å²) in [7, 11) is 0. The first kappa shape index (κ1) is 13.4. The monoisotopic (exact) mass is 279 g/mol. The maximum atomic E-state index is 12.3. The number of benzene rings is 1. The summed E-state index contributed by atoms with van der Waals surface area (Å²) in [4.78, 5) is 12.3. The lowest BCUT2D eigenvalue weighted by Gasteiger charge is -2.01. The summed E-state index contributed by atoms with van der Waals surface area (Å²) >= 11 is 0. The van der Waals surface area contributed by atoms with Crippen LogP contribution in [0.1, 0.15) is 12.5 Å². The maximum Gasteiger partial charge on any atom is 0.276 e. The molecule has 0 spiro atoms. The highest BCUT2D eigenvalue weighted by Crippen LogP contribution is 2.19. The second kappa shape index (κ2) is 5.40. The van der Waals surface area contributed by atoms with Crippen molar-refractivity contribution in [2.75, 3.05) is 0 Å². The predicted molar refractivity (Wildman–Crippen MR) is 84.5 cm³/mol. The van der Waals surface area contributed by atoms with Crippen LogP contribution >= 0.6 is 0 Å². The van der Waals surface area contributed by atoms with Crippen molar-refractivity contribution < 1.29 is 0 Å². The molecule has 0 aliphatic rings. The summed E-state index contributed by atoms with van der Waals surface area (Å²) in [5, 5.41) is 4.48. The van der Waals surface area contributed by atoms with Crippen LogP contribution in [0.3, 0.4) is 0 Å². The lowest BCUT2D eigenvalue weighted by atomic mass is 10.1. The molecule has 4 heteroatoms. The van der Waals surface area contributed by atoms with Crippen molar-refractivity contribution in [3.63, 3.8) is 0 Å². The highest BCUT2D eigenvalue weighted by molar-refractivity contribution is 5.65. The van der Waals surface area contributed by atoms with Gasteiger partial charge in [-0.15, -0.1) is 6.58 Å². The van der Waals surface area contributed by atoms with Crippen LogP contribution in [-0.4, -0.2) is 14.2 Å². The maximum absolute atomic E-state index is 12.3. The van der Waals surface area contributed by atoms with Crippen molar-refractivity contribution in [3.05, 3.63) is 71.3 Å². The molecule has 0 N–H and O–H groups in total. The van der Waals surface area contributed by atoms with E-state index in [1.807, 2.05) is 18.2 Å². The number of nitrogens with zero attached hydrogens (tertiary/aromatic N) is 3. The molecular formula is C17H17N3O. The van der Waals surface area contributed by atoms with Gasteiger partial charge in [0.05, 0.1) is 5.69 Å². The Hall–Kier alpha value is -2.62. The first-order valence-corrected chi connectivity index (χ1v) is 7.02. The highest BCUT2D eigenvalue weighted by Gasteiger charge is 2.08. The quantitative estimate of drug-likeness (QED) is 0.689. The second-order valence-corrected chi connectivity index (χ2v) is 4.95. The van der Waals surface area contributed by atoms with E-state index in [0.717, 1.165) is 17.7 Å². The van der Waals surface area contributed by atoms with Gasteiger partial charge in [-0.05, 0) is 18.1 Å². The van der Waals surface area contributed by atoms with Gasteiger partial charge in [-0.1, -0.05) is 37.3 Å². The molecule has 0 radical (unpaired) electrons. The molecule has 3 rings (SSSR count). The van der Waals surface area contributed by atoms with Crippen molar-refractivity contribution in [1.29, 1.82) is 0 Å². The Labute approximate surface area is 123 Å². The molecule has 2 heterocycles. The second-order valence-electron chi connectivity index (χ2n) is 4.95. The van der Waals surface area contributed by atoms with Crippen molar-refractivity contribution in [2.24, 2.45) is 0 Å². The van der Waals surface area contributed by atoms with Crippen LogP contribution in [0.2, 0.25) is 0 Å². The fourth-order valence-electron chi connectivity index (χ4n) is 2.36. The largest absolute Gasteiger partial charge is 0.308 e. The molecule has 0 amide bonds. The van der Waals surface area contributed by atoms with E-state index in [4.69, 9.17) is 0 Å². The Morgan fingerprint density at radius 1 is 1.24 bits per heavy atom. The van der Waals surface area contributed by atoms with Gasteiger partial charge in [0.25, 0.3) is 5.56 Å². The number of fused-ring (bicyclic) bond motifs is 1. The summed E-state index contributed by atoms with van der Waals surface area (Å²) in [6.07, 6.45) is 6.24.